The van der Waals surface area contributed by atoms with E-state index in [1.54, 1.807) is 12.1 Å². The van der Waals surface area contributed by atoms with Crippen molar-refractivity contribution >= 4 is 28.9 Å². The van der Waals surface area contributed by atoms with E-state index < -0.39 is 6.09 Å². The number of azo groups is 1. The topological polar surface area (TPSA) is 162 Å². The lowest BCUT2D eigenvalue weighted by molar-refractivity contribution is 0.101. The van der Waals surface area contributed by atoms with Crippen molar-refractivity contribution in [1.29, 1.82) is 5.26 Å². The first-order valence-electron chi connectivity index (χ1n) is 14.3. The SMILES string of the molecule is CCCCC(CC)OC(=O)Nc1ccc(-c2nn3nc(C(C)(C)C)c(N=Nc4[nH]nc(C(C)(C)C)c4C#N)c3[nH]2)cc1. The van der Waals surface area contributed by atoms with Crippen molar-refractivity contribution in [2.24, 2.45) is 10.2 Å². The summed E-state index contributed by atoms with van der Waals surface area (Å²) >= 11 is 0. The van der Waals surface area contributed by atoms with Gasteiger partial charge in [0, 0.05) is 22.1 Å². The normalized spacial score (nSPS) is 13.0. The second kappa shape index (κ2) is 12.1. The zero-order valence-corrected chi connectivity index (χ0v) is 25.7. The third kappa shape index (κ3) is 6.67. The lowest BCUT2D eigenvalue weighted by Crippen LogP contribution is -2.22. The number of hydrogen-bond acceptors (Lipinski definition) is 8. The first-order valence-corrected chi connectivity index (χ1v) is 14.3. The quantitative estimate of drug-likeness (QED) is 0.173. The fraction of sp³-hybridized carbons (Fsp3) is 0.500. The Bertz CT molecular complexity index is 1600. The van der Waals surface area contributed by atoms with Crippen LogP contribution in [0.2, 0.25) is 0 Å². The van der Waals surface area contributed by atoms with Crippen molar-refractivity contribution < 1.29 is 9.53 Å². The third-order valence-electron chi connectivity index (χ3n) is 6.82. The largest absolute Gasteiger partial charge is 0.446 e. The van der Waals surface area contributed by atoms with Crippen molar-refractivity contribution in [3.63, 3.8) is 0 Å². The number of aromatic amines is 2. The molecule has 0 saturated heterocycles. The van der Waals surface area contributed by atoms with Gasteiger partial charge in [0.05, 0.1) is 11.4 Å². The zero-order valence-electron chi connectivity index (χ0n) is 25.7. The van der Waals surface area contributed by atoms with E-state index in [0.717, 1.165) is 31.2 Å². The highest BCUT2D eigenvalue weighted by Crippen LogP contribution is 2.36. The molecule has 1 unspecified atom stereocenters. The zero-order chi connectivity index (χ0) is 30.7. The Balaban J connectivity index is 1.60. The highest BCUT2D eigenvalue weighted by atomic mass is 16.6. The molecule has 1 aromatic carbocycles. The highest BCUT2D eigenvalue weighted by Gasteiger charge is 2.28. The molecule has 1 amide bonds. The molecule has 0 bridgehead atoms. The van der Waals surface area contributed by atoms with Crippen LogP contribution in [-0.4, -0.2) is 42.2 Å². The van der Waals surface area contributed by atoms with E-state index in [2.05, 4.69) is 48.8 Å². The van der Waals surface area contributed by atoms with Gasteiger partial charge in [0.2, 0.25) is 0 Å². The Kier molecular flexibility index (Phi) is 8.80. The van der Waals surface area contributed by atoms with Crippen LogP contribution >= 0.6 is 0 Å². The molecule has 3 heterocycles. The van der Waals surface area contributed by atoms with Crippen molar-refractivity contribution in [2.75, 3.05) is 5.32 Å². The van der Waals surface area contributed by atoms with Crippen LogP contribution < -0.4 is 5.32 Å². The van der Waals surface area contributed by atoms with E-state index in [1.807, 2.05) is 60.6 Å². The van der Waals surface area contributed by atoms with Gasteiger partial charge in [-0.1, -0.05) is 68.2 Å². The minimum Gasteiger partial charge on any atom is -0.446 e. The molecular weight excluding hydrogens is 532 g/mol. The molecule has 0 fully saturated rings. The predicted octanol–water partition coefficient (Wildman–Crippen LogP) is 7.85. The molecule has 0 radical (unpaired) electrons. The smallest absolute Gasteiger partial charge is 0.411 e. The number of hydrogen-bond donors (Lipinski definition) is 3. The standard InChI is InChI=1S/C30H40N10O2/c1-9-11-12-20(10-2)42-28(41)32-19-15-13-18(14-16-19)25-33-27-22(24(30(6,7)8)38-40(27)39-25)34-36-26-21(17-31)23(35-37-26)29(3,4)5/h13-16,20H,9-12H2,1-8H3,(H,32,41)(H,33,39)(H,35,37). The van der Waals surface area contributed by atoms with Crippen molar-refractivity contribution in [2.45, 2.75) is 98.0 Å². The number of unbranched alkanes of at least 4 members (excludes halogenated alkanes) is 1. The van der Waals surface area contributed by atoms with Gasteiger partial charge in [-0.05, 0) is 37.1 Å². The molecule has 0 spiro atoms. The van der Waals surface area contributed by atoms with Gasteiger partial charge in [0.1, 0.15) is 17.7 Å². The number of amides is 1. The molecule has 42 heavy (non-hydrogen) atoms. The van der Waals surface area contributed by atoms with E-state index in [-0.39, 0.29) is 16.9 Å². The molecular formula is C30H40N10O2. The summed E-state index contributed by atoms with van der Waals surface area (Å²) in [6.07, 6.45) is 3.18. The monoisotopic (exact) mass is 572 g/mol. The molecule has 0 aliphatic heterocycles. The fourth-order valence-electron chi connectivity index (χ4n) is 4.48. The average molecular weight is 573 g/mol. The molecule has 12 heteroatoms. The van der Waals surface area contributed by atoms with Gasteiger partial charge in [-0.15, -0.1) is 20.0 Å². The van der Waals surface area contributed by atoms with Crippen LogP contribution in [0.1, 0.15) is 98.0 Å². The number of carbonyl (C=O) groups is 1. The fourth-order valence-corrected chi connectivity index (χ4v) is 4.48. The first-order chi connectivity index (χ1) is 19.8. The minimum atomic E-state index is -0.460. The van der Waals surface area contributed by atoms with E-state index in [1.165, 1.54) is 4.63 Å². The average Bonchev–Trinajstić information content (AvgIpc) is 3.62. The highest BCUT2D eigenvalue weighted by molar-refractivity contribution is 5.85. The second-order valence-corrected chi connectivity index (χ2v) is 12.4. The summed E-state index contributed by atoms with van der Waals surface area (Å²) in [6, 6.07) is 9.50. The maximum Gasteiger partial charge on any atom is 0.411 e. The Morgan fingerprint density at radius 2 is 1.76 bits per heavy atom. The van der Waals surface area contributed by atoms with Gasteiger partial charge in [-0.25, -0.2) is 4.79 Å². The summed E-state index contributed by atoms with van der Waals surface area (Å²) < 4.78 is 7.07. The molecule has 0 saturated carbocycles. The summed E-state index contributed by atoms with van der Waals surface area (Å²) in [5.41, 5.74) is 3.53. The number of H-pyrrole nitrogens is 2. The van der Waals surface area contributed by atoms with Crippen LogP contribution in [0.4, 0.5) is 22.0 Å². The van der Waals surface area contributed by atoms with Crippen LogP contribution in [0, 0.1) is 11.3 Å². The maximum absolute atomic E-state index is 12.4. The van der Waals surface area contributed by atoms with Gasteiger partial charge in [-0.3, -0.25) is 10.4 Å². The van der Waals surface area contributed by atoms with Crippen molar-refractivity contribution in [3.05, 3.63) is 41.2 Å². The lowest BCUT2D eigenvalue weighted by atomic mass is 9.90. The van der Waals surface area contributed by atoms with E-state index in [4.69, 9.17) is 9.84 Å². The summed E-state index contributed by atoms with van der Waals surface area (Å²) in [5, 5.41) is 38.0. The Labute approximate surface area is 246 Å². The Hall–Kier alpha value is -4.53. The van der Waals surface area contributed by atoms with Gasteiger partial charge >= 0.3 is 6.09 Å². The molecule has 0 aliphatic rings. The van der Waals surface area contributed by atoms with Gasteiger partial charge in [-0.2, -0.15) is 15.5 Å². The minimum absolute atomic E-state index is 0.0896. The van der Waals surface area contributed by atoms with Crippen molar-refractivity contribution in [1.82, 2.24) is 30.0 Å². The Morgan fingerprint density at radius 1 is 1.07 bits per heavy atom. The predicted molar refractivity (Wildman–Crippen MR) is 161 cm³/mol. The molecule has 4 rings (SSSR count). The number of fused-ring (bicyclic) bond motifs is 1. The van der Waals surface area contributed by atoms with Crippen molar-refractivity contribution in [3.8, 4) is 17.5 Å². The number of nitrogens with zero attached hydrogens (tertiary/aromatic N) is 7. The first kappa shape index (κ1) is 30.4. The molecule has 1 atom stereocenters. The summed E-state index contributed by atoms with van der Waals surface area (Å²) in [4.78, 5) is 15.7. The van der Waals surface area contributed by atoms with E-state index >= 15 is 0 Å². The number of carbonyl (C=O) groups excluding carboxylic acids is 1. The molecule has 222 valence electrons. The van der Waals surface area contributed by atoms with Crippen LogP contribution in [-0.2, 0) is 15.6 Å². The number of nitrogens with one attached hydrogen (secondary N) is 3. The molecule has 12 nitrogen and oxygen atoms in total. The number of ether oxygens (including phenoxy) is 1. The van der Waals surface area contributed by atoms with Gasteiger partial charge in [0.15, 0.2) is 23.0 Å². The molecule has 0 aliphatic carbocycles. The van der Waals surface area contributed by atoms with Gasteiger partial charge < -0.3 is 9.72 Å². The van der Waals surface area contributed by atoms with Crippen LogP contribution in [0.3, 0.4) is 0 Å². The lowest BCUT2D eigenvalue weighted by Gasteiger charge is -2.16. The van der Waals surface area contributed by atoms with E-state index in [0.29, 0.717) is 45.6 Å². The Morgan fingerprint density at radius 3 is 2.36 bits per heavy atom. The number of rotatable bonds is 9. The van der Waals surface area contributed by atoms with Crippen LogP contribution in [0.15, 0.2) is 34.5 Å². The maximum atomic E-state index is 12.4. The molecule has 4 aromatic rings. The number of anilines is 1. The van der Waals surface area contributed by atoms with E-state index in [9.17, 15) is 10.1 Å². The summed E-state index contributed by atoms with van der Waals surface area (Å²) in [6.45, 7) is 16.2. The third-order valence-corrected chi connectivity index (χ3v) is 6.82. The summed E-state index contributed by atoms with van der Waals surface area (Å²) in [5.74, 6) is 0.863. The number of benzene rings is 1. The van der Waals surface area contributed by atoms with Crippen LogP contribution in [0.5, 0.6) is 0 Å². The number of nitriles is 1. The molecule has 3 N–H and O–H groups in total. The summed E-state index contributed by atoms with van der Waals surface area (Å²) in [7, 11) is 0. The second-order valence-electron chi connectivity index (χ2n) is 12.4. The molecule has 3 aromatic heterocycles. The van der Waals surface area contributed by atoms with Gasteiger partial charge in [0.25, 0.3) is 0 Å². The number of aromatic nitrogens is 6. The van der Waals surface area contributed by atoms with Crippen LogP contribution in [0.25, 0.3) is 17.0 Å².